The normalized spacial score (nSPS) is 12.2. The molecule has 0 aliphatic carbocycles. The Balaban J connectivity index is 1.96. The third-order valence-corrected chi connectivity index (χ3v) is 4.76. The molecule has 0 bridgehead atoms. The van der Waals surface area contributed by atoms with Crippen LogP contribution in [0.3, 0.4) is 0 Å². The first kappa shape index (κ1) is 20.4. The zero-order valence-corrected chi connectivity index (χ0v) is 15.9. The van der Waals surface area contributed by atoms with Gasteiger partial charge in [0.05, 0.1) is 12.6 Å². The number of aryl methyl sites for hydroxylation is 1. The van der Waals surface area contributed by atoms with Crippen LogP contribution in [0.25, 0.3) is 10.8 Å². The van der Waals surface area contributed by atoms with Crippen LogP contribution in [0.2, 0.25) is 0 Å². The second kappa shape index (κ2) is 8.38. The number of H-pyrrole nitrogens is 1. The minimum atomic E-state index is -2.76. The molecule has 3 rings (SSSR count). The lowest BCUT2D eigenvalue weighted by Gasteiger charge is -2.30. The van der Waals surface area contributed by atoms with Gasteiger partial charge in [-0.15, -0.1) is 0 Å². The topological polar surface area (TPSA) is 65.2 Å². The van der Waals surface area contributed by atoms with Crippen LogP contribution in [0.4, 0.5) is 23.7 Å². The Hall–Kier alpha value is -3.29. The molecule has 0 saturated heterocycles. The summed E-state index contributed by atoms with van der Waals surface area (Å²) in [6.07, 6.45) is -1.32. The maximum Gasteiger partial charge on any atom is 0.322 e. The van der Waals surface area contributed by atoms with Gasteiger partial charge in [-0.05, 0) is 54.6 Å². The van der Waals surface area contributed by atoms with Crippen molar-refractivity contribution < 1.29 is 18.0 Å². The number of rotatable bonds is 5. The Labute approximate surface area is 165 Å². The third-order valence-electron chi connectivity index (χ3n) is 4.76. The summed E-state index contributed by atoms with van der Waals surface area (Å²) in [5.41, 5.74) is 0.851. The standard InChI is InChI=1S/C21H20F3N3O2/c1-12-9-14(7-8-18(12)22)26-21(29)27(11-19(23)24)13(2)17-10-25-20(28)16-6-4-3-5-15(16)17/h3-10,13,19H,11H2,1-2H3,(H,25,28)(H,26,29). The highest BCUT2D eigenvalue weighted by Gasteiger charge is 2.26. The molecular weight excluding hydrogens is 383 g/mol. The molecule has 5 nitrogen and oxygen atoms in total. The van der Waals surface area contributed by atoms with Gasteiger partial charge in [-0.2, -0.15) is 0 Å². The average Bonchev–Trinajstić information content (AvgIpc) is 2.69. The van der Waals surface area contributed by atoms with E-state index in [9.17, 15) is 22.8 Å². The second-order valence-electron chi connectivity index (χ2n) is 6.73. The highest BCUT2D eigenvalue weighted by molar-refractivity contribution is 5.91. The summed E-state index contributed by atoms with van der Waals surface area (Å²) in [6, 6.07) is 9.24. The van der Waals surface area contributed by atoms with Gasteiger partial charge in [0.1, 0.15) is 5.82 Å². The van der Waals surface area contributed by atoms with Gasteiger partial charge < -0.3 is 15.2 Å². The van der Waals surface area contributed by atoms with E-state index in [0.717, 1.165) is 4.90 Å². The fourth-order valence-corrected chi connectivity index (χ4v) is 3.23. The number of amides is 2. The number of nitrogens with one attached hydrogen (secondary N) is 2. The van der Waals surface area contributed by atoms with Crippen LogP contribution in [0.5, 0.6) is 0 Å². The number of carbonyl (C=O) groups is 1. The molecule has 0 radical (unpaired) electrons. The Kier molecular flexibility index (Phi) is 5.91. The number of carbonyl (C=O) groups excluding carboxylic acids is 1. The highest BCUT2D eigenvalue weighted by Crippen LogP contribution is 2.27. The maximum atomic E-state index is 13.4. The molecule has 1 atom stereocenters. The Morgan fingerprint density at radius 1 is 1.17 bits per heavy atom. The van der Waals surface area contributed by atoms with Crippen molar-refractivity contribution in [3.8, 4) is 0 Å². The summed E-state index contributed by atoms with van der Waals surface area (Å²) >= 11 is 0. The van der Waals surface area contributed by atoms with Crippen LogP contribution < -0.4 is 10.9 Å². The van der Waals surface area contributed by atoms with Crippen molar-refractivity contribution in [2.45, 2.75) is 26.3 Å². The quantitative estimate of drug-likeness (QED) is 0.641. The number of fused-ring (bicyclic) bond motifs is 1. The summed E-state index contributed by atoms with van der Waals surface area (Å²) < 4.78 is 39.9. The first-order chi connectivity index (χ1) is 13.8. The molecule has 29 heavy (non-hydrogen) atoms. The first-order valence-corrected chi connectivity index (χ1v) is 9.00. The number of anilines is 1. The van der Waals surface area contributed by atoms with E-state index in [1.54, 1.807) is 31.2 Å². The van der Waals surface area contributed by atoms with Gasteiger partial charge >= 0.3 is 6.03 Å². The molecule has 2 aromatic carbocycles. The molecule has 8 heteroatoms. The predicted octanol–water partition coefficient (Wildman–Crippen LogP) is 4.84. The Morgan fingerprint density at radius 2 is 1.86 bits per heavy atom. The van der Waals surface area contributed by atoms with Gasteiger partial charge in [0.25, 0.3) is 12.0 Å². The lowest BCUT2D eigenvalue weighted by Crippen LogP contribution is -2.40. The van der Waals surface area contributed by atoms with E-state index in [0.29, 0.717) is 27.6 Å². The van der Waals surface area contributed by atoms with E-state index in [1.165, 1.54) is 31.3 Å². The van der Waals surface area contributed by atoms with Crippen molar-refractivity contribution in [3.05, 3.63) is 76.0 Å². The highest BCUT2D eigenvalue weighted by atomic mass is 19.3. The van der Waals surface area contributed by atoms with Crippen LogP contribution in [0.15, 0.2) is 53.5 Å². The zero-order chi connectivity index (χ0) is 21.1. The largest absolute Gasteiger partial charge is 0.328 e. The number of halogens is 3. The summed E-state index contributed by atoms with van der Waals surface area (Å²) in [5.74, 6) is -0.430. The molecule has 0 saturated carbocycles. The van der Waals surface area contributed by atoms with Crippen molar-refractivity contribution >= 4 is 22.5 Å². The molecule has 1 aromatic heterocycles. The number of benzene rings is 2. The summed E-state index contributed by atoms with van der Waals surface area (Å²) in [5, 5.41) is 3.52. The van der Waals surface area contributed by atoms with Crippen LogP contribution in [0, 0.1) is 12.7 Å². The predicted molar refractivity (Wildman–Crippen MR) is 106 cm³/mol. The van der Waals surface area contributed by atoms with Crippen molar-refractivity contribution in [2.24, 2.45) is 0 Å². The van der Waals surface area contributed by atoms with Crippen LogP contribution in [-0.4, -0.2) is 28.9 Å². The molecule has 0 fully saturated rings. The number of nitrogens with zero attached hydrogens (tertiary/aromatic N) is 1. The number of pyridine rings is 1. The van der Waals surface area contributed by atoms with Crippen LogP contribution >= 0.6 is 0 Å². The van der Waals surface area contributed by atoms with E-state index >= 15 is 0 Å². The fraction of sp³-hybridized carbons (Fsp3) is 0.238. The lowest BCUT2D eigenvalue weighted by molar-refractivity contribution is 0.0885. The molecule has 3 aromatic rings. The van der Waals surface area contributed by atoms with E-state index < -0.39 is 30.9 Å². The van der Waals surface area contributed by atoms with Crippen LogP contribution in [0.1, 0.15) is 24.1 Å². The van der Waals surface area contributed by atoms with E-state index in [1.807, 2.05) is 0 Å². The number of alkyl halides is 2. The molecule has 152 valence electrons. The molecule has 1 heterocycles. The molecule has 1 unspecified atom stereocenters. The Morgan fingerprint density at radius 3 is 2.52 bits per heavy atom. The summed E-state index contributed by atoms with van der Waals surface area (Å²) in [6.45, 7) is 2.34. The number of hydrogen-bond acceptors (Lipinski definition) is 2. The Bertz CT molecular complexity index is 1100. The monoisotopic (exact) mass is 403 g/mol. The van der Waals surface area contributed by atoms with E-state index in [2.05, 4.69) is 10.3 Å². The number of aromatic nitrogens is 1. The molecule has 0 spiro atoms. The van der Waals surface area contributed by atoms with Gasteiger partial charge in [0.15, 0.2) is 0 Å². The molecule has 0 aliphatic rings. The smallest absolute Gasteiger partial charge is 0.322 e. The fourth-order valence-electron chi connectivity index (χ4n) is 3.23. The molecule has 2 amide bonds. The van der Waals surface area contributed by atoms with Crippen molar-refractivity contribution in [1.82, 2.24) is 9.88 Å². The van der Waals surface area contributed by atoms with Crippen molar-refractivity contribution in [1.29, 1.82) is 0 Å². The van der Waals surface area contributed by atoms with Gasteiger partial charge in [-0.25, -0.2) is 18.0 Å². The minimum Gasteiger partial charge on any atom is -0.328 e. The lowest BCUT2D eigenvalue weighted by atomic mass is 10.0. The molecule has 0 aliphatic heterocycles. The van der Waals surface area contributed by atoms with Crippen molar-refractivity contribution in [3.63, 3.8) is 0 Å². The van der Waals surface area contributed by atoms with Crippen molar-refractivity contribution in [2.75, 3.05) is 11.9 Å². The summed E-state index contributed by atoms with van der Waals surface area (Å²) in [4.78, 5) is 28.4. The number of urea groups is 1. The molecular formula is C21H20F3N3O2. The number of hydrogen-bond donors (Lipinski definition) is 2. The summed E-state index contributed by atoms with van der Waals surface area (Å²) in [7, 11) is 0. The minimum absolute atomic E-state index is 0.298. The van der Waals surface area contributed by atoms with Crippen LogP contribution in [-0.2, 0) is 0 Å². The van der Waals surface area contributed by atoms with E-state index in [-0.39, 0.29) is 5.56 Å². The van der Waals surface area contributed by atoms with Gasteiger partial charge in [-0.1, -0.05) is 18.2 Å². The zero-order valence-electron chi connectivity index (χ0n) is 15.9. The average molecular weight is 403 g/mol. The number of aromatic amines is 1. The van der Waals surface area contributed by atoms with Gasteiger partial charge in [0.2, 0.25) is 0 Å². The third kappa shape index (κ3) is 4.42. The SMILES string of the molecule is Cc1cc(NC(=O)N(CC(F)F)C(C)c2c[nH]c(=O)c3ccccc23)ccc1F. The van der Waals surface area contributed by atoms with Gasteiger partial charge in [-0.3, -0.25) is 4.79 Å². The van der Waals surface area contributed by atoms with E-state index in [4.69, 9.17) is 0 Å². The second-order valence-corrected chi connectivity index (χ2v) is 6.73. The van der Waals surface area contributed by atoms with Gasteiger partial charge in [0, 0.05) is 17.3 Å². The molecule has 2 N–H and O–H groups in total. The first-order valence-electron chi connectivity index (χ1n) is 9.00. The maximum absolute atomic E-state index is 13.4.